The minimum atomic E-state index is -0.723. The van der Waals surface area contributed by atoms with Gasteiger partial charge in [-0.1, -0.05) is 18.2 Å². The Balaban J connectivity index is 1.48. The van der Waals surface area contributed by atoms with Crippen LogP contribution in [0.3, 0.4) is 0 Å². The monoisotopic (exact) mass is 347 g/mol. The summed E-state index contributed by atoms with van der Waals surface area (Å²) in [7, 11) is 0. The molecule has 2 aliphatic rings. The fourth-order valence-electron chi connectivity index (χ4n) is 4.10. The largest absolute Gasteiger partial charge is 0.449 e. The van der Waals surface area contributed by atoms with E-state index in [1.54, 1.807) is 23.4 Å². The summed E-state index contributed by atoms with van der Waals surface area (Å²) in [4.78, 5) is 34.3. The number of piperidine rings is 1. The molecule has 2 aromatic carbocycles. The molecule has 6 heteroatoms. The third-order valence-corrected chi connectivity index (χ3v) is 5.34. The second kappa shape index (κ2) is 5.42. The number of carbonyl (C=O) groups excluding carboxylic acids is 2. The number of fused-ring (bicyclic) bond motifs is 3. The quantitative estimate of drug-likeness (QED) is 0.687. The first kappa shape index (κ1) is 15.1. The van der Waals surface area contributed by atoms with Crippen LogP contribution in [0.2, 0.25) is 0 Å². The number of aromatic amines is 1. The molecule has 1 N–H and O–H groups in total. The number of ether oxygens (including phenoxy) is 1. The highest BCUT2D eigenvalue weighted by molar-refractivity contribution is 5.98. The summed E-state index contributed by atoms with van der Waals surface area (Å²) in [6.07, 6.45) is 3.14. The van der Waals surface area contributed by atoms with Gasteiger partial charge in [0.05, 0.1) is 29.5 Å². The zero-order valence-electron chi connectivity index (χ0n) is 14.1. The van der Waals surface area contributed by atoms with Crippen LogP contribution in [-0.4, -0.2) is 39.8 Å². The van der Waals surface area contributed by atoms with Gasteiger partial charge in [-0.2, -0.15) is 0 Å². The van der Waals surface area contributed by atoms with Crippen molar-refractivity contribution in [2.24, 2.45) is 0 Å². The van der Waals surface area contributed by atoms with E-state index >= 15 is 0 Å². The van der Waals surface area contributed by atoms with E-state index in [4.69, 9.17) is 4.74 Å². The molecule has 5 rings (SSSR count). The van der Waals surface area contributed by atoms with Crippen molar-refractivity contribution in [1.82, 2.24) is 14.9 Å². The molecule has 0 radical (unpaired) electrons. The second-order valence-corrected chi connectivity index (χ2v) is 6.89. The Labute approximate surface area is 149 Å². The van der Waals surface area contributed by atoms with Crippen molar-refractivity contribution in [2.75, 3.05) is 13.1 Å². The summed E-state index contributed by atoms with van der Waals surface area (Å²) in [5.41, 5.74) is 3.05. The first-order chi connectivity index (χ1) is 12.7. The number of benzene rings is 2. The Morgan fingerprint density at radius 1 is 1.23 bits per heavy atom. The van der Waals surface area contributed by atoms with E-state index < -0.39 is 5.60 Å². The average Bonchev–Trinajstić information content (AvgIpc) is 3.24. The predicted octanol–water partition coefficient (Wildman–Crippen LogP) is 2.86. The topological polar surface area (TPSA) is 75.3 Å². The van der Waals surface area contributed by atoms with Crippen molar-refractivity contribution in [3.63, 3.8) is 0 Å². The summed E-state index contributed by atoms with van der Waals surface area (Å²) >= 11 is 0. The van der Waals surface area contributed by atoms with E-state index in [0.717, 1.165) is 29.4 Å². The van der Waals surface area contributed by atoms with E-state index in [9.17, 15) is 9.59 Å². The molecule has 1 saturated heterocycles. The number of rotatable bonds is 1. The molecule has 26 heavy (non-hydrogen) atoms. The molecule has 1 spiro atoms. The molecule has 0 bridgehead atoms. The Kier molecular flexibility index (Phi) is 3.16. The zero-order valence-corrected chi connectivity index (χ0v) is 14.1. The van der Waals surface area contributed by atoms with Gasteiger partial charge >= 0.3 is 5.97 Å². The number of imidazole rings is 1. The maximum atomic E-state index is 13.0. The first-order valence-electron chi connectivity index (χ1n) is 8.72. The lowest BCUT2D eigenvalue weighted by molar-refractivity contribution is -0.0442. The number of nitrogens with zero attached hydrogens (tertiary/aromatic N) is 2. The number of esters is 1. The molecule has 3 aromatic rings. The smallest absolute Gasteiger partial charge is 0.339 e. The summed E-state index contributed by atoms with van der Waals surface area (Å²) in [5.74, 6) is -0.352. The van der Waals surface area contributed by atoms with Crippen LogP contribution in [0.1, 0.15) is 39.1 Å². The normalized spacial score (nSPS) is 21.8. The molecule has 1 unspecified atom stereocenters. The van der Waals surface area contributed by atoms with Crippen LogP contribution in [0.4, 0.5) is 0 Å². The lowest BCUT2D eigenvalue weighted by Crippen LogP contribution is -2.48. The maximum absolute atomic E-state index is 13.0. The van der Waals surface area contributed by atoms with Crippen LogP contribution in [-0.2, 0) is 10.3 Å². The van der Waals surface area contributed by atoms with Crippen LogP contribution in [0.5, 0.6) is 0 Å². The fraction of sp³-hybridized carbons (Fsp3) is 0.250. The predicted molar refractivity (Wildman–Crippen MR) is 94.8 cm³/mol. The summed E-state index contributed by atoms with van der Waals surface area (Å²) < 4.78 is 5.79. The van der Waals surface area contributed by atoms with Gasteiger partial charge in [-0.05, 0) is 37.1 Å². The second-order valence-electron chi connectivity index (χ2n) is 6.89. The fourth-order valence-corrected chi connectivity index (χ4v) is 4.10. The number of likely N-dealkylation sites (tertiary alicyclic amines) is 1. The Bertz CT molecular complexity index is 1040. The Morgan fingerprint density at radius 2 is 2.12 bits per heavy atom. The van der Waals surface area contributed by atoms with Crippen molar-refractivity contribution in [3.8, 4) is 0 Å². The van der Waals surface area contributed by atoms with Crippen LogP contribution in [0.25, 0.3) is 11.0 Å². The highest BCUT2D eigenvalue weighted by Gasteiger charge is 2.48. The van der Waals surface area contributed by atoms with Crippen molar-refractivity contribution < 1.29 is 14.3 Å². The van der Waals surface area contributed by atoms with Crippen LogP contribution in [0.15, 0.2) is 48.8 Å². The van der Waals surface area contributed by atoms with Crippen molar-refractivity contribution in [2.45, 2.75) is 18.4 Å². The van der Waals surface area contributed by atoms with Crippen molar-refractivity contribution >= 4 is 22.9 Å². The molecule has 1 fully saturated rings. The Hall–Kier alpha value is -3.15. The van der Waals surface area contributed by atoms with Gasteiger partial charge in [0, 0.05) is 17.7 Å². The molecular formula is C20H17N3O3. The van der Waals surface area contributed by atoms with Crippen LogP contribution < -0.4 is 0 Å². The highest BCUT2D eigenvalue weighted by atomic mass is 16.6. The Morgan fingerprint density at radius 3 is 3.04 bits per heavy atom. The zero-order chi connectivity index (χ0) is 17.7. The molecule has 0 aliphatic carbocycles. The maximum Gasteiger partial charge on any atom is 0.339 e. The molecule has 6 nitrogen and oxygen atoms in total. The van der Waals surface area contributed by atoms with Crippen LogP contribution >= 0.6 is 0 Å². The lowest BCUT2D eigenvalue weighted by Gasteiger charge is -2.39. The van der Waals surface area contributed by atoms with Gasteiger partial charge < -0.3 is 14.6 Å². The summed E-state index contributed by atoms with van der Waals surface area (Å²) in [5, 5.41) is 0. The lowest BCUT2D eigenvalue weighted by atomic mass is 9.85. The van der Waals surface area contributed by atoms with Gasteiger partial charge in [0.15, 0.2) is 5.60 Å². The van der Waals surface area contributed by atoms with E-state index in [-0.39, 0.29) is 11.9 Å². The average molecular weight is 347 g/mol. The molecule has 1 amide bonds. The number of hydrogen-bond acceptors (Lipinski definition) is 4. The standard InChI is InChI=1S/C20H17N3O3/c24-18(13-6-7-16-17(10-13)22-12-21-16)23-9-3-8-20(11-23)15-5-2-1-4-14(15)19(25)26-20/h1-2,4-7,10,12H,3,8-9,11H2,(H,21,22). The molecule has 2 aliphatic heterocycles. The minimum Gasteiger partial charge on any atom is -0.449 e. The summed E-state index contributed by atoms with van der Waals surface area (Å²) in [6, 6.07) is 12.9. The van der Waals surface area contributed by atoms with Gasteiger partial charge in [0.1, 0.15) is 0 Å². The molecular weight excluding hydrogens is 330 g/mol. The third kappa shape index (κ3) is 2.15. The van der Waals surface area contributed by atoms with E-state index in [0.29, 0.717) is 24.2 Å². The highest BCUT2D eigenvalue weighted by Crippen LogP contribution is 2.43. The van der Waals surface area contributed by atoms with Gasteiger partial charge in [0.25, 0.3) is 5.91 Å². The number of H-pyrrole nitrogens is 1. The SMILES string of the molecule is O=C1OC2(CCCN(C(=O)c3ccc4nc[nH]c4c3)C2)c2ccccc21. The number of aromatic nitrogens is 2. The van der Waals surface area contributed by atoms with E-state index in [1.807, 2.05) is 30.3 Å². The van der Waals surface area contributed by atoms with Gasteiger partial charge in [-0.25, -0.2) is 9.78 Å². The first-order valence-corrected chi connectivity index (χ1v) is 8.72. The number of hydrogen-bond donors (Lipinski definition) is 1. The molecule has 1 atom stereocenters. The van der Waals surface area contributed by atoms with Gasteiger partial charge in [-0.15, -0.1) is 0 Å². The molecule has 0 saturated carbocycles. The number of nitrogens with one attached hydrogen (secondary N) is 1. The van der Waals surface area contributed by atoms with E-state index in [2.05, 4.69) is 9.97 Å². The minimum absolute atomic E-state index is 0.0546. The molecule has 1 aromatic heterocycles. The molecule has 3 heterocycles. The van der Waals surface area contributed by atoms with E-state index in [1.165, 1.54) is 0 Å². The summed E-state index contributed by atoms with van der Waals surface area (Å²) in [6.45, 7) is 1.04. The van der Waals surface area contributed by atoms with Crippen LogP contribution in [0, 0.1) is 0 Å². The number of carbonyl (C=O) groups is 2. The number of amides is 1. The van der Waals surface area contributed by atoms with Gasteiger partial charge in [0.2, 0.25) is 0 Å². The van der Waals surface area contributed by atoms with Crippen molar-refractivity contribution in [3.05, 3.63) is 65.5 Å². The van der Waals surface area contributed by atoms with Crippen molar-refractivity contribution in [1.29, 1.82) is 0 Å². The molecule has 130 valence electrons. The third-order valence-electron chi connectivity index (χ3n) is 5.34. The van der Waals surface area contributed by atoms with Gasteiger partial charge in [-0.3, -0.25) is 4.79 Å².